The zero-order valence-electron chi connectivity index (χ0n) is 11.6. The molecule has 0 heterocycles. The molecule has 1 aromatic carbocycles. The molecule has 1 fully saturated rings. The van der Waals surface area contributed by atoms with Gasteiger partial charge in [0.1, 0.15) is 0 Å². The highest BCUT2D eigenvalue weighted by Crippen LogP contribution is 2.35. The number of nitrogens with one attached hydrogen (secondary N) is 1. The van der Waals surface area contributed by atoms with Gasteiger partial charge in [0.15, 0.2) is 0 Å². The molecule has 2 atom stereocenters. The van der Waals surface area contributed by atoms with Gasteiger partial charge in [-0.05, 0) is 68.3 Å². The topological polar surface area (TPSA) is 12.0 Å². The zero-order valence-corrected chi connectivity index (χ0v) is 13.9. The summed E-state index contributed by atoms with van der Waals surface area (Å²) in [5.41, 5.74) is 1.30. The molecule has 1 aliphatic carbocycles. The summed E-state index contributed by atoms with van der Waals surface area (Å²) >= 11 is 9.81. The first-order valence-electron chi connectivity index (χ1n) is 7.35. The predicted molar refractivity (Wildman–Crippen MR) is 86.8 cm³/mol. The monoisotopic (exact) mass is 343 g/mol. The second-order valence-electron chi connectivity index (χ2n) is 5.60. The molecule has 1 nitrogen and oxygen atoms in total. The summed E-state index contributed by atoms with van der Waals surface area (Å²) < 4.78 is 1.06. The van der Waals surface area contributed by atoms with E-state index in [0.29, 0.717) is 0 Å². The minimum Gasteiger partial charge on any atom is -0.316 e. The van der Waals surface area contributed by atoms with Crippen LogP contribution in [0.5, 0.6) is 0 Å². The third-order valence-electron chi connectivity index (χ3n) is 4.15. The molecule has 0 bridgehead atoms. The number of hydrogen-bond donors (Lipinski definition) is 1. The SMILES string of the molecule is CCCNCC1CCCC1Cc1ccc(Br)cc1Cl. The molecular formula is C16H23BrClN. The van der Waals surface area contributed by atoms with E-state index in [1.54, 1.807) is 0 Å². The lowest BCUT2D eigenvalue weighted by molar-refractivity contribution is 0.365. The van der Waals surface area contributed by atoms with Gasteiger partial charge < -0.3 is 5.32 Å². The van der Waals surface area contributed by atoms with Crippen LogP contribution in [0.3, 0.4) is 0 Å². The van der Waals surface area contributed by atoms with Gasteiger partial charge in [-0.2, -0.15) is 0 Å². The lowest BCUT2D eigenvalue weighted by atomic mass is 9.89. The highest BCUT2D eigenvalue weighted by molar-refractivity contribution is 9.10. The maximum atomic E-state index is 6.34. The Morgan fingerprint density at radius 2 is 2.11 bits per heavy atom. The van der Waals surface area contributed by atoms with Gasteiger partial charge in [-0.1, -0.05) is 46.9 Å². The van der Waals surface area contributed by atoms with E-state index in [0.717, 1.165) is 34.3 Å². The molecule has 19 heavy (non-hydrogen) atoms. The highest BCUT2D eigenvalue weighted by atomic mass is 79.9. The Kier molecular flexibility index (Phi) is 6.18. The second-order valence-corrected chi connectivity index (χ2v) is 6.92. The molecule has 3 heteroatoms. The van der Waals surface area contributed by atoms with Crippen molar-refractivity contribution in [2.75, 3.05) is 13.1 Å². The molecule has 1 saturated carbocycles. The van der Waals surface area contributed by atoms with Crippen LogP contribution < -0.4 is 5.32 Å². The van der Waals surface area contributed by atoms with Gasteiger partial charge in [-0.15, -0.1) is 0 Å². The predicted octanol–water partition coefficient (Wildman–Crippen LogP) is 5.06. The fourth-order valence-corrected chi connectivity index (χ4v) is 3.84. The Balaban J connectivity index is 1.93. The maximum Gasteiger partial charge on any atom is 0.0449 e. The molecular weight excluding hydrogens is 322 g/mol. The highest BCUT2D eigenvalue weighted by Gasteiger charge is 2.27. The Labute approximate surface area is 130 Å². The minimum absolute atomic E-state index is 0.794. The van der Waals surface area contributed by atoms with E-state index in [1.807, 2.05) is 6.07 Å². The Bertz CT molecular complexity index is 408. The summed E-state index contributed by atoms with van der Waals surface area (Å²) in [5, 5.41) is 4.48. The molecule has 0 spiro atoms. The molecule has 0 aromatic heterocycles. The van der Waals surface area contributed by atoms with E-state index in [4.69, 9.17) is 11.6 Å². The van der Waals surface area contributed by atoms with Crippen molar-refractivity contribution in [1.82, 2.24) is 5.32 Å². The second kappa shape index (κ2) is 7.66. The van der Waals surface area contributed by atoms with E-state index in [2.05, 4.69) is 40.3 Å². The van der Waals surface area contributed by atoms with Crippen LogP contribution in [-0.2, 0) is 6.42 Å². The summed E-state index contributed by atoms with van der Waals surface area (Å²) in [7, 11) is 0. The van der Waals surface area contributed by atoms with Crippen LogP contribution in [0, 0.1) is 11.8 Å². The Hall–Kier alpha value is -0.0500. The Morgan fingerprint density at radius 1 is 1.32 bits per heavy atom. The van der Waals surface area contributed by atoms with Gasteiger partial charge in [-0.3, -0.25) is 0 Å². The number of hydrogen-bond acceptors (Lipinski definition) is 1. The van der Waals surface area contributed by atoms with Crippen LogP contribution >= 0.6 is 27.5 Å². The van der Waals surface area contributed by atoms with Crippen LogP contribution in [-0.4, -0.2) is 13.1 Å². The molecule has 2 unspecified atom stereocenters. The third-order valence-corrected chi connectivity index (χ3v) is 4.99. The normalized spacial score (nSPS) is 22.9. The number of benzene rings is 1. The van der Waals surface area contributed by atoms with Gasteiger partial charge in [0, 0.05) is 9.50 Å². The van der Waals surface area contributed by atoms with E-state index >= 15 is 0 Å². The standard InChI is InChI=1S/C16H23BrClN/c1-2-8-19-11-14-5-3-4-12(14)9-13-6-7-15(17)10-16(13)18/h6-7,10,12,14,19H,2-5,8-9,11H2,1H3. The number of rotatable bonds is 6. The van der Waals surface area contributed by atoms with Crippen LogP contribution in [0.1, 0.15) is 38.2 Å². The lowest BCUT2D eigenvalue weighted by Crippen LogP contribution is -2.26. The summed E-state index contributed by atoms with van der Waals surface area (Å²) in [5.74, 6) is 1.62. The summed E-state index contributed by atoms with van der Waals surface area (Å²) in [6.45, 7) is 4.54. The fourth-order valence-electron chi connectivity index (χ4n) is 3.09. The molecule has 1 aliphatic rings. The molecule has 1 N–H and O–H groups in total. The van der Waals surface area contributed by atoms with E-state index in [1.165, 1.54) is 37.8 Å². The van der Waals surface area contributed by atoms with Gasteiger partial charge >= 0.3 is 0 Å². The molecule has 1 aromatic rings. The molecule has 0 radical (unpaired) electrons. The summed E-state index contributed by atoms with van der Waals surface area (Å²) in [4.78, 5) is 0. The first-order valence-corrected chi connectivity index (χ1v) is 8.52. The van der Waals surface area contributed by atoms with Crippen molar-refractivity contribution in [3.63, 3.8) is 0 Å². The maximum absolute atomic E-state index is 6.34. The van der Waals surface area contributed by atoms with Gasteiger partial charge in [-0.25, -0.2) is 0 Å². The van der Waals surface area contributed by atoms with E-state index < -0.39 is 0 Å². The van der Waals surface area contributed by atoms with E-state index in [9.17, 15) is 0 Å². The largest absolute Gasteiger partial charge is 0.316 e. The average Bonchev–Trinajstić information content (AvgIpc) is 2.81. The van der Waals surface area contributed by atoms with Crippen LogP contribution in [0.2, 0.25) is 5.02 Å². The number of halogens is 2. The first kappa shape index (κ1) is 15.3. The lowest BCUT2D eigenvalue weighted by Gasteiger charge is -2.20. The van der Waals surface area contributed by atoms with Gasteiger partial charge in [0.2, 0.25) is 0 Å². The zero-order chi connectivity index (χ0) is 13.7. The van der Waals surface area contributed by atoms with Crippen LogP contribution in [0.15, 0.2) is 22.7 Å². The molecule has 106 valence electrons. The first-order chi connectivity index (χ1) is 9.20. The van der Waals surface area contributed by atoms with Gasteiger partial charge in [0.25, 0.3) is 0 Å². The summed E-state index contributed by atoms with van der Waals surface area (Å²) in [6, 6.07) is 6.28. The molecule has 0 saturated heterocycles. The van der Waals surface area contributed by atoms with Crippen molar-refractivity contribution in [3.05, 3.63) is 33.3 Å². The molecule has 0 aliphatic heterocycles. The van der Waals surface area contributed by atoms with Crippen molar-refractivity contribution >= 4 is 27.5 Å². The van der Waals surface area contributed by atoms with Crippen LogP contribution in [0.4, 0.5) is 0 Å². The fraction of sp³-hybridized carbons (Fsp3) is 0.625. The van der Waals surface area contributed by atoms with Crippen molar-refractivity contribution in [1.29, 1.82) is 0 Å². The molecule has 2 rings (SSSR count). The third kappa shape index (κ3) is 4.47. The Morgan fingerprint density at radius 3 is 2.84 bits per heavy atom. The minimum atomic E-state index is 0.794. The smallest absolute Gasteiger partial charge is 0.0449 e. The van der Waals surface area contributed by atoms with Crippen molar-refractivity contribution in [2.45, 2.75) is 39.0 Å². The van der Waals surface area contributed by atoms with Gasteiger partial charge in [0.05, 0.1) is 0 Å². The summed E-state index contributed by atoms with van der Waals surface area (Å²) in [6.07, 6.45) is 6.44. The van der Waals surface area contributed by atoms with Crippen molar-refractivity contribution in [2.24, 2.45) is 11.8 Å². The average molecular weight is 345 g/mol. The van der Waals surface area contributed by atoms with Crippen molar-refractivity contribution < 1.29 is 0 Å². The quantitative estimate of drug-likeness (QED) is 0.711. The molecule has 0 amide bonds. The van der Waals surface area contributed by atoms with Crippen LogP contribution in [0.25, 0.3) is 0 Å². The van der Waals surface area contributed by atoms with E-state index in [-0.39, 0.29) is 0 Å². The van der Waals surface area contributed by atoms with Crippen molar-refractivity contribution in [3.8, 4) is 0 Å².